The first-order chi connectivity index (χ1) is 9.74. The van der Waals surface area contributed by atoms with Crippen LogP contribution in [0.25, 0.3) is 0 Å². The van der Waals surface area contributed by atoms with E-state index in [-0.39, 0.29) is 9.63 Å². The van der Waals surface area contributed by atoms with Crippen molar-refractivity contribution >= 4 is 37.6 Å². The maximum absolute atomic E-state index is 13.5. The van der Waals surface area contributed by atoms with Gasteiger partial charge in [-0.2, -0.15) is 8.42 Å². The van der Waals surface area contributed by atoms with Gasteiger partial charge in [-0.05, 0) is 28.1 Å². The molecule has 1 aromatic carbocycles. The van der Waals surface area contributed by atoms with Crippen LogP contribution in [0, 0.1) is 5.82 Å². The molecule has 8 nitrogen and oxygen atoms in total. The molecule has 0 saturated heterocycles. The first-order valence-corrected chi connectivity index (χ1v) is 7.61. The summed E-state index contributed by atoms with van der Waals surface area (Å²) < 4.78 is 40.9. The van der Waals surface area contributed by atoms with Crippen LogP contribution in [0.4, 0.5) is 10.1 Å². The van der Waals surface area contributed by atoms with Gasteiger partial charge in [0.2, 0.25) is 5.03 Å². The number of anilines is 1. The van der Waals surface area contributed by atoms with Gasteiger partial charge in [0.15, 0.2) is 4.60 Å². The largest absolute Gasteiger partial charge is 0.478 e. The van der Waals surface area contributed by atoms with E-state index in [9.17, 15) is 17.6 Å². The standard InChI is InChI=1S/C10H8BrFN4O4S/c1-16-9(8(11)13-15-16)21(19,20)14-6-4-2-3-5(12)7(6)10(17)18/h2-4,14H,1H3,(H,17,18). The third-order valence-corrected chi connectivity index (χ3v) is 4.72. The highest BCUT2D eigenvalue weighted by Gasteiger charge is 2.26. The Kier molecular flexibility index (Phi) is 3.96. The zero-order valence-corrected chi connectivity index (χ0v) is 12.8. The molecule has 21 heavy (non-hydrogen) atoms. The Labute approximate surface area is 126 Å². The lowest BCUT2D eigenvalue weighted by Gasteiger charge is -2.10. The molecule has 0 bridgehead atoms. The normalized spacial score (nSPS) is 11.4. The molecule has 112 valence electrons. The van der Waals surface area contributed by atoms with Gasteiger partial charge in [0.25, 0.3) is 10.0 Å². The minimum absolute atomic E-state index is 0.0502. The Bertz CT molecular complexity index is 801. The molecule has 11 heteroatoms. The molecule has 2 aromatic rings. The number of aromatic carboxylic acids is 1. The van der Waals surface area contributed by atoms with Crippen LogP contribution in [-0.4, -0.2) is 34.5 Å². The lowest BCUT2D eigenvalue weighted by Crippen LogP contribution is -2.19. The molecule has 0 spiro atoms. The fourth-order valence-corrected chi connectivity index (χ4v) is 3.80. The summed E-state index contributed by atoms with van der Waals surface area (Å²) >= 11 is 2.92. The van der Waals surface area contributed by atoms with E-state index in [4.69, 9.17) is 5.11 Å². The molecular weight excluding hydrogens is 371 g/mol. The molecule has 1 aromatic heterocycles. The van der Waals surface area contributed by atoms with Gasteiger partial charge in [0.05, 0.1) is 5.69 Å². The molecule has 0 amide bonds. The van der Waals surface area contributed by atoms with Gasteiger partial charge in [0, 0.05) is 7.05 Å². The lowest BCUT2D eigenvalue weighted by molar-refractivity contribution is 0.0693. The van der Waals surface area contributed by atoms with Crippen molar-refractivity contribution in [2.75, 3.05) is 4.72 Å². The highest BCUT2D eigenvalue weighted by atomic mass is 79.9. The number of halogens is 2. The smallest absolute Gasteiger partial charge is 0.340 e. The van der Waals surface area contributed by atoms with Gasteiger partial charge in [-0.15, -0.1) is 5.10 Å². The second-order valence-corrected chi connectivity index (χ2v) is 6.23. The second kappa shape index (κ2) is 5.41. The van der Waals surface area contributed by atoms with Crippen LogP contribution in [0.2, 0.25) is 0 Å². The molecule has 0 radical (unpaired) electrons. The molecule has 2 N–H and O–H groups in total. The van der Waals surface area contributed by atoms with Crippen LogP contribution in [0.5, 0.6) is 0 Å². The van der Waals surface area contributed by atoms with Crippen LogP contribution in [0.1, 0.15) is 10.4 Å². The number of rotatable bonds is 4. The molecule has 1 heterocycles. The number of benzene rings is 1. The number of hydrogen-bond acceptors (Lipinski definition) is 5. The number of carboxylic acids is 1. The lowest BCUT2D eigenvalue weighted by atomic mass is 10.2. The predicted octanol–water partition coefficient (Wildman–Crippen LogP) is 1.22. The fourth-order valence-electron chi connectivity index (χ4n) is 1.63. The monoisotopic (exact) mass is 378 g/mol. The van der Waals surface area contributed by atoms with Crippen molar-refractivity contribution in [3.05, 3.63) is 34.2 Å². The zero-order chi connectivity index (χ0) is 15.8. The quantitative estimate of drug-likeness (QED) is 0.826. The predicted molar refractivity (Wildman–Crippen MR) is 72.9 cm³/mol. The number of nitrogens with one attached hydrogen (secondary N) is 1. The average molecular weight is 379 g/mol. The van der Waals surface area contributed by atoms with Crippen molar-refractivity contribution in [1.29, 1.82) is 0 Å². The number of nitrogens with zero attached hydrogens (tertiary/aromatic N) is 3. The van der Waals surface area contributed by atoms with Gasteiger partial charge in [-0.3, -0.25) is 4.72 Å². The highest BCUT2D eigenvalue weighted by Crippen LogP contribution is 2.25. The van der Waals surface area contributed by atoms with Crippen molar-refractivity contribution in [2.45, 2.75) is 5.03 Å². The van der Waals surface area contributed by atoms with E-state index < -0.39 is 33.1 Å². The number of aryl methyl sites for hydroxylation is 1. The van der Waals surface area contributed by atoms with Gasteiger partial charge in [-0.1, -0.05) is 11.3 Å². The molecular formula is C10H8BrFN4O4S. The van der Waals surface area contributed by atoms with Crippen LogP contribution in [-0.2, 0) is 17.1 Å². The van der Waals surface area contributed by atoms with Crippen LogP contribution in [0.15, 0.2) is 27.8 Å². The van der Waals surface area contributed by atoms with Crippen molar-refractivity contribution in [3.8, 4) is 0 Å². The Morgan fingerprint density at radius 1 is 1.48 bits per heavy atom. The first-order valence-electron chi connectivity index (χ1n) is 5.34. The van der Waals surface area contributed by atoms with Gasteiger partial charge in [-0.25, -0.2) is 13.9 Å². The van der Waals surface area contributed by atoms with Crippen LogP contribution >= 0.6 is 15.9 Å². The molecule has 2 rings (SSSR count). The molecule has 0 aliphatic carbocycles. The molecule has 0 atom stereocenters. The van der Waals surface area contributed by atoms with E-state index in [0.717, 1.165) is 16.8 Å². The minimum atomic E-state index is -4.19. The Balaban J connectivity index is 2.53. The molecule has 0 fully saturated rings. The second-order valence-electron chi connectivity index (χ2n) is 3.88. The van der Waals surface area contributed by atoms with Crippen LogP contribution < -0.4 is 4.72 Å². The maximum atomic E-state index is 13.5. The SMILES string of the molecule is Cn1nnc(Br)c1S(=O)(=O)Nc1cccc(F)c1C(=O)O. The Morgan fingerprint density at radius 2 is 2.14 bits per heavy atom. The van der Waals surface area contributed by atoms with E-state index in [1.807, 2.05) is 4.72 Å². The minimum Gasteiger partial charge on any atom is -0.478 e. The summed E-state index contributed by atoms with van der Waals surface area (Å²) in [4.78, 5) is 11.0. The van der Waals surface area contributed by atoms with Crippen molar-refractivity contribution in [2.24, 2.45) is 7.05 Å². The summed E-state index contributed by atoms with van der Waals surface area (Å²) in [7, 11) is -2.85. The van der Waals surface area contributed by atoms with E-state index in [2.05, 4.69) is 26.2 Å². The van der Waals surface area contributed by atoms with Gasteiger partial charge in [0.1, 0.15) is 11.4 Å². The maximum Gasteiger partial charge on any atom is 0.340 e. The van der Waals surface area contributed by atoms with Crippen molar-refractivity contribution < 1.29 is 22.7 Å². The molecule has 0 unspecified atom stereocenters. The number of carboxylic acid groups (broad SMARTS) is 1. The summed E-state index contributed by atoms with van der Waals surface area (Å²) in [5.74, 6) is -2.64. The van der Waals surface area contributed by atoms with Crippen molar-refractivity contribution in [3.63, 3.8) is 0 Å². The summed E-state index contributed by atoms with van der Waals surface area (Å²) in [5, 5.41) is 15.7. The van der Waals surface area contributed by atoms with Crippen LogP contribution in [0.3, 0.4) is 0 Å². The van der Waals surface area contributed by atoms with Crippen molar-refractivity contribution in [1.82, 2.24) is 15.0 Å². The summed E-state index contributed by atoms with van der Waals surface area (Å²) in [5.41, 5.74) is -1.16. The summed E-state index contributed by atoms with van der Waals surface area (Å²) in [6, 6.07) is 3.25. The number of aromatic nitrogens is 3. The fraction of sp³-hybridized carbons (Fsp3) is 0.100. The van der Waals surface area contributed by atoms with Gasteiger partial charge < -0.3 is 5.11 Å². The number of carbonyl (C=O) groups is 1. The third kappa shape index (κ3) is 2.88. The topological polar surface area (TPSA) is 114 Å². The highest BCUT2D eigenvalue weighted by molar-refractivity contribution is 9.10. The summed E-state index contributed by atoms with van der Waals surface area (Å²) in [6.07, 6.45) is 0. The number of hydrogen-bond donors (Lipinski definition) is 2. The van der Waals surface area contributed by atoms with E-state index in [1.54, 1.807) is 0 Å². The average Bonchev–Trinajstić information content (AvgIpc) is 2.68. The first kappa shape index (κ1) is 15.4. The Hall–Kier alpha value is -2.01. The molecule has 0 aliphatic heterocycles. The summed E-state index contributed by atoms with van der Waals surface area (Å²) in [6.45, 7) is 0. The molecule has 0 saturated carbocycles. The van der Waals surface area contributed by atoms with E-state index in [1.165, 1.54) is 13.1 Å². The van der Waals surface area contributed by atoms with E-state index in [0.29, 0.717) is 0 Å². The zero-order valence-electron chi connectivity index (χ0n) is 10.4. The Morgan fingerprint density at radius 3 is 2.67 bits per heavy atom. The third-order valence-electron chi connectivity index (χ3n) is 2.46. The van der Waals surface area contributed by atoms with Gasteiger partial charge >= 0.3 is 5.97 Å². The van der Waals surface area contributed by atoms with E-state index >= 15 is 0 Å². The molecule has 0 aliphatic rings. The number of sulfonamides is 1.